The summed E-state index contributed by atoms with van der Waals surface area (Å²) in [5, 5.41) is 0. The van der Waals surface area contributed by atoms with Gasteiger partial charge in [0.2, 0.25) is 0 Å². The first kappa shape index (κ1) is 12.6. The lowest BCUT2D eigenvalue weighted by Gasteiger charge is -2.19. The Morgan fingerprint density at radius 2 is 1.74 bits per heavy atom. The van der Waals surface area contributed by atoms with Gasteiger partial charge in [-0.2, -0.15) is 0 Å². The topological polar surface area (TPSA) is 34.1 Å². The van der Waals surface area contributed by atoms with Crippen LogP contribution in [0.25, 0.3) is 0 Å². The van der Waals surface area contributed by atoms with E-state index in [0.29, 0.717) is 12.8 Å². The van der Waals surface area contributed by atoms with E-state index in [2.05, 4.69) is 18.2 Å². The highest BCUT2D eigenvalue weighted by Gasteiger charge is 2.25. The van der Waals surface area contributed by atoms with Gasteiger partial charge in [-0.1, -0.05) is 18.2 Å². The molecule has 100 valence electrons. The zero-order chi connectivity index (χ0) is 13.2. The van der Waals surface area contributed by atoms with E-state index >= 15 is 0 Å². The average molecular weight is 256 g/mol. The monoisotopic (exact) mass is 256 g/mol. The van der Waals surface area contributed by atoms with Crippen molar-refractivity contribution in [3.05, 3.63) is 34.9 Å². The molecule has 1 aromatic carbocycles. The van der Waals surface area contributed by atoms with Crippen molar-refractivity contribution >= 4 is 11.6 Å². The molecule has 0 spiro atoms. The predicted molar refractivity (Wildman–Crippen MR) is 74.1 cm³/mol. The van der Waals surface area contributed by atoms with Gasteiger partial charge in [-0.15, -0.1) is 0 Å². The maximum absolute atomic E-state index is 11.4. The van der Waals surface area contributed by atoms with Crippen LogP contribution in [0, 0.1) is 5.92 Å². The molecule has 2 aliphatic carbocycles. The summed E-state index contributed by atoms with van der Waals surface area (Å²) in [4.78, 5) is 22.9. The fourth-order valence-electron chi connectivity index (χ4n) is 3.44. The highest BCUT2D eigenvalue weighted by atomic mass is 16.1. The van der Waals surface area contributed by atoms with Crippen LogP contribution in [-0.2, 0) is 28.9 Å². The molecule has 2 heteroatoms. The number of aryl methyl sites for hydroxylation is 3. The Morgan fingerprint density at radius 3 is 2.53 bits per heavy atom. The first-order valence-corrected chi connectivity index (χ1v) is 7.35. The van der Waals surface area contributed by atoms with E-state index in [1.54, 1.807) is 0 Å². The molecule has 0 radical (unpaired) electrons. The molecule has 19 heavy (non-hydrogen) atoms. The molecule has 0 saturated heterocycles. The van der Waals surface area contributed by atoms with E-state index in [-0.39, 0.29) is 23.9 Å². The molecule has 0 heterocycles. The normalized spacial score (nSPS) is 19.8. The van der Waals surface area contributed by atoms with Crippen molar-refractivity contribution in [3.8, 4) is 0 Å². The molecule has 0 atom stereocenters. The summed E-state index contributed by atoms with van der Waals surface area (Å²) in [5.41, 5.74) is 4.38. The third-order valence-electron chi connectivity index (χ3n) is 4.43. The average Bonchev–Trinajstić information content (AvgIpc) is 2.82. The van der Waals surface area contributed by atoms with Crippen LogP contribution in [-0.4, -0.2) is 11.6 Å². The molecule has 3 rings (SSSR count). The minimum absolute atomic E-state index is 0.134. The number of Topliss-reactive ketones (excluding diaryl/α,β-unsaturated/α-hetero) is 2. The second-order valence-electron chi connectivity index (χ2n) is 6.02. The van der Waals surface area contributed by atoms with Crippen LogP contribution in [0.2, 0.25) is 0 Å². The molecule has 0 bridgehead atoms. The van der Waals surface area contributed by atoms with Crippen LogP contribution < -0.4 is 0 Å². The minimum Gasteiger partial charge on any atom is -0.299 e. The Morgan fingerprint density at radius 1 is 1.00 bits per heavy atom. The number of carbonyl (C=O) groups excluding carboxylic acids is 2. The number of benzene rings is 1. The Bertz CT molecular complexity index is 500. The van der Waals surface area contributed by atoms with Gasteiger partial charge in [0.15, 0.2) is 0 Å². The Hall–Kier alpha value is -1.44. The molecule has 2 nitrogen and oxygen atoms in total. The number of fused-ring (bicyclic) bond motifs is 1. The van der Waals surface area contributed by atoms with Gasteiger partial charge in [-0.25, -0.2) is 0 Å². The maximum Gasteiger partial charge on any atom is 0.140 e. The molecule has 0 amide bonds. The molecule has 0 unspecified atom stereocenters. The Balaban J connectivity index is 1.60. The largest absolute Gasteiger partial charge is 0.299 e. The SMILES string of the molecule is O=C1CC(=O)CC(CCc2ccc3c(c2)CCC3)C1. The molecule has 0 N–H and O–H groups in total. The van der Waals surface area contributed by atoms with E-state index in [9.17, 15) is 9.59 Å². The molecule has 0 aliphatic heterocycles. The highest BCUT2D eigenvalue weighted by Crippen LogP contribution is 2.26. The smallest absolute Gasteiger partial charge is 0.140 e. The summed E-state index contributed by atoms with van der Waals surface area (Å²) in [6.45, 7) is 0. The first-order valence-electron chi connectivity index (χ1n) is 7.35. The molecule has 1 aromatic rings. The Labute approximate surface area is 114 Å². The predicted octanol–water partition coefficient (Wildman–Crippen LogP) is 3.05. The summed E-state index contributed by atoms with van der Waals surface area (Å²) in [5.74, 6) is 0.549. The summed E-state index contributed by atoms with van der Waals surface area (Å²) >= 11 is 0. The molecular weight excluding hydrogens is 236 g/mol. The zero-order valence-corrected chi connectivity index (χ0v) is 11.3. The third kappa shape index (κ3) is 2.94. The lowest BCUT2D eigenvalue weighted by Crippen LogP contribution is -2.23. The quantitative estimate of drug-likeness (QED) is 0.779. The first-order chi connectivity index (χ1) is 9.20. The van der Waals surface area contributed by atoms with Gasteiger partial charge in [-0.3, -0.25) is 9.59 Å². The fourth-order valence-corrected chi connectivity index (χ4v) is 3.44. The molecule has 2 aliphatic rings. The molecular formula is C17H20O2. The van der Waals surface area contributed by atoms with E-state index in [4.69, 9.17) is 0 Å². The molecule has 1 fully saturated rings. The summed E-state index contributed by atoms with van der Waals surface area (Å²) in [6.07, 6.45) is 7.08. The lowest BCUT2D eigenvalue weighted by molar-refractivity contribution is -0.131. The van der Waals surface area contributed by atoms with Crippen LogP contribution in [0.3, 0.4) is 0 Å². The van der Waals surface area contributed by atoms with E-state index in [1.807, 2.05) is 0 Å². The number of hydrogen-bond acceptors (Lipinski definition) is 2. The highest BCUT2D eigenvalue weighted by molar-refractivity contribution is 6.01. The van der Waals surface area contributed by atoms with Gasteiger partial charge in [0.05, 0.1) is 6.42 Å². The standard InChI is InChI=1S/C17H20O2/c18-16-9-13(10-17(19)11-16)5-4-12-6-7-14-2-1-3-15(14)8-12/h6-8,13H,1-5,9-11H2. The number of ketones is 2. The van der Waals surface area contributed by atoms with Crippen LogP contribution in [0.5, 0.6) is 0 Å². The second-order valence-corrected chi connectivity index (χ2v) is 6.02. The second kappa shape index (κ2) is 5.28. The van der Waals surface area contributed by atoms with Gasteiger partial charge >= 0.3 is 0 Å². The maximum atomic E-state index is 11.4. The van der Waals surface area contributed by atoms with Crippen molar-refractivity contribution in [2.24, 2.45) is 5.92 Å². The van der Waals surface area contributed by atoms with Crippen molar-refractivity contribution in [1.82, 2.24) is 0 Å². The number of hydrogen-bond donors (Lipinski definition) is 0. The van der Waals surface area contributed by atoms with Crippen molar-refractivity contribution < 1.29 is 9.59 Å². The molecule has 1 saturated carbocycles. The van der Waals surface area contributed by atoms with Gasteiger partial charge in [0.1, 0.15) is 11.6 Å². The van der Waals surface area contributed by atoms with Crippen LogP contribution in [0.4, 0.5) is 0 Å². The van der Waals surface area contributed by atoms with Crippen molar-refractivity contribution in [3.63, 3.8) is 0 Å². The minimum atomic E-state index is 0.134. The van der Waals surface area contributed by atoms with E-state index in [1.165, 1.54) is 36.0 Å². The Kier molecular flexibility index (Phi) is 3.50. The summed E-state index contributed by atoms with van der Waals surface area (Å²) in [6, 6.07) is 6.81. The zero-order valence-electron chi connectivity index (χ0n) is 11.3. The number of carbonyl (C=O) groups is 2. The van der Waals surface area contributed by atoms with Crippen LogP contribution in [0.1, 0.15) is 48.8 Å². The van der Waals surface area contributed by atoms with E-state index in [0.717, 1.165) is 12.8 Å². The van der Waals surface area contributed by atoms with Gasteiger partial charge < -0.3 is 0 Å². The van der Waals surface area contributed by atoms with Crippen molar-refractivity contribution in [2.75, 3.05) is 0 Å². The van der Waals surface area contributed by atoms with Crippen molar-refractivity contribution in [1.29, 1.82) is 0 Å². The fraction of sp³-hybridized carbons (Fsp3) is 0.529. The summed E-state index contributed by atoms with van der Waals surface area (Å²) < 4.78 is 0. The van der Waals surface area contributed by atoms with Crippen LogP contribution >= 0.6 is 0 Å². The van der Waals surface area contributed by atoms with E-state index < -0.39 is 0 Å². The lowest BCUT2D eigenvalue weighted by atomic mass is 9.83. The van der Waals surface area contributed by atoms with Gasteiger partial charge in [0, 0.05) is 12.8 Å². The molecule has 0 aromatic heterocycles. The summed E-state index contributed by atoms with van der Waals surface area (Å²) in [7, 11) is 0. The van der Waals surface area contributed by atoms with Crippen molar-refractivity contribution in [2.45, 2.75) is 51.4 Å². The third-order valence-corrected chi connectivity index (χ3v) is 4.43. The number of rotatable bonds is 3. The van der Waals surface area contributed by atoms with Gasteiger partial charge in [0.25, 0.3) is 0 Å². The van der Waals surface area contributed by atoms with Gasteiger partial charge in [-0.05, 0) is 54.7 Å². The van der Waals surface area contributed by atoms with Crippen LogP contribution in [0.15, 0.2) is 18.2 Å².